The lowest BCUT2D eigenvalue weighted by molar-refractivity contribution is 0.189. The molecule has 1 atom stereocenters. The predicted octanol–water partition coefficient (Wildman–Crippen LogP) is 1.90. The lowest BCUT2D eigenvalue weighted by atomic mass is 9.90. The molecule has 17 heavy (non-hydrogen) atoms. The second-order valence-corrected chi connectivity index (χ2v) is 5.17. The first-order valence-electron chi connectivity index (χ1n) is 6.56. The second-order valence-electron chi connectivity index (χ2n) is 5.17. The average molecular weight is 233 g/mol. The summed E-state index contributed by atoms with van der Waals surface area (Å²) in [5.41, 5.74) is 1.27. The molecule has 1 fully saturated rings. The van der Waals surface area contributed by atoms with Crippen molar-refractivity contribution in [3.63, 3.8) is 0 Å². The summed E-state index contributed by atoms with van der Waals surface area (Å²) in [7, 11) is 2.21. The van der Waals surface area contributed by atoms with E-state index in [1.54, 1.807) is 0 Å². The van der Waals surface area contributed by atoms with E-state index in [4.69, 9.17) is 0 Å². The Kier molecular flexibility index (Phi) is 4.51. The van der Waals surface area contributed by atoms with Crippen molar-refractivity contribution >= 4 is 0 Å². The zero-order valence-electron chi connectivity index (χ0n) is 10.9. The van der Waals surface area contributed by atoms with Crippen LogP contribution in [-0.2, 0) is 6.54 Å². The fourth-order valence-electron chi connectivity index (χ4n) is 2.48. The third kappa shape index (κ3) is 3.79. The van der Waals surface area contributed by atoms with Gasteiger partial charge in [-0.15, -0.1) is 0 Å². The Labute approximate surface area is 104 Å². The topological polar surface area (TPSA) is 28.2 Å². The Morgan fingerprint density at radius 1 is 1.47 bits per heavy atom. The van der Waals surface area contributed by atoms with Crippen LogP contribution in [0.1, 0.15) is 25.3 Å². The van der Waals surface area contributed by atoms with Gasteiger partial charge in [-0.1, -0.05) is 6.07 Å². The Bertz CT molecular complexity index is 317. The summed E-state index contributed by atoms with van der Waals surface area (Å²) < 4.78 is 0. The van der Waals surface area contributed by atoms with Crippen LogP contribution >= 0.6 is 0 Å². The fraction of sp³-hybridized carbons (Fsp3) is 0.643. The van der Waals surface area contributed by atoms with Crippen molar-refractivity contribution in [1.82, 2.24) is 15.2 Å². The predicted molar refractivity (Wildman–Crippen MR) is 70.8 cm³/mol. The number of aromatic nitrogens is 1. The van der Waals surface area contributed by atoms with E-state index in [2.05, 4.69) is 35.2 Å². The first-order chi connectivity index (χ1) is 8.25. The monoisotopic (exact) mass is 233 g/mol. The summed E-state index contributed by atoms with van der Waals surface area (Å²) in [5.74, 6) is 0.822. The van der Waals surface area contributed by atoms with Gasteiger partial charge in [-0.3, -0.25) is 4.98 Å². The number of likely N-dealkylation sites (tertiary alicyclic amines) is 1. The summed E-state index contributed by atoms with van der Waals surface area (Å²) in [6.07, 6.45) is 6.40. The molecule has 0 amide bonds. The van der Waals surface area contributed by atoms with Crippen molar-refractivity contribution < 1.29 is 0 Å². The molecule has 0 unspecified atom stereocenters. The van der Waals surface area contributed by atoms with Gasteiger partial charge in [-0.2, -0.15) is 0 Å². The molecule has 3 nitrogen and oxygen atoms in total. The molecule has 1 saturated heterocycles. The van der Waals surface area contributed by atoms with E-state index in [0.29, 0.717) is 6.04 Å². The van der Waals surface area contributed by atoms with E-state index < -0.39 is 0 Å². The molecule has 3 heteroatoms. The quantitative estimate of drug-likeness (QED) is 0.861. The van der Waals surface area contributed by atoms with Crippen molar-refractivity contribution in [1.29, 1.82) is 0 Å². The lowest BCUT2D eigenvalue weighted by Gasteiger charge is -2.33. The highest BCUT2D eigenvalue weighted by molar-refractivity contribution is 5.08. The summed E-state index contributed by atoms with van der Waals surface area (Å²) >= 11 is 0. The van der Waals surface area contributed by atoms with Crippen LogP contribution in [0.2, 0.25) is 0 Å². The van der Waals surface area contributed by atoms with Crippen LogP contribution in [0.3, 0.4) is 0 Å². The van der Waals surface area contributed by atoms with Crippen LogP contribution in [0, 0.1) is 5.92 Å². The van der Waals surface area contributed by atoms with Gasteiger partial charge in [0.2, 0.25) is 0 Å². The number of piperidine rings is 1. The van der Waals surface area contributed by atoms with Crippen LogP contribution in [0.15, 0.2) is 24.5 Å². The maximum Gasteiger partial charge on any atom is 0.0312 e. The van der Waals surface area contributed by atoms with E-state index in [9.17, 15) is 0 Å². The van der Waals surface area contributed by atoms with Crippen LogP contribution in [0.25, 0.3) is 0 Å². The zero-order valence-corrected chi connectivity index (χ0v) is 10.9. The third-order valence-corrected chi connectivity index (χ3v) is 3.82. The number of hydrogen-bond donors (Lipinski definition) is 1. The number of pyridine rings is 1. The summed E-state index contributed by atoms with van der Waals surface area (Å²) in [6, 6.07) is 4.72. The van der Waals surface area contributed by atoms with E-state index in [1.807, 2.05) is 18.5 Å². The van der Waals surface area contributed by atoms with Gasteiger partial charge < -0.3 is 10.2 Å². The number of nitrogens with zero attached hydrogens (tertiary/aromatic N) is 2. The Morgan fingerprint density at radius 3 is 2.88 bits per heavy atom. The van der Waals surface area contributed by atoms with E-state index >= 15 is 0 Å². The van der Waals surface area contributed by atoms with Crippen LogP contribution in [0.4, 0.5) is 0 Å². The Hall–Kier alpha value is -0.930. The molecule has 0 spiro atoms. The van der Waals surface area contributed by atoms with Gasteiger partial charge in [0.1, 0.15) is 0 Å². The van der Waals surface area contributed by atoms with Gasteiger partial charge in [-0.25, -0.2) is 0 Å². The molecule has 0 aliphatic carbocycles. The molecule has 1 aromatic heterocycles. The van der Waals surface area contributed by atoms with Crippen molar-refractivity contribution in [3.8, 4) is 0 Å². The molecule has 1 aliphatic heterocycles. The molecule has 0 bridgehead atoms. The number of rotatable bonds is 4. The van der Waals surface area contributed by atoms with Crippen molar-refractivity contribution in [2.45, 2.75) is 32.4 Å². The molecule has 2 rings (SSSR count). The molecular formula is C14H23N3. The average Bonchev–Trinajstić information content (AvgIpc) is 2.38. The highest BCUT2D eigenvalue weighted by atomic mass is 15.1. The number of nitrogens with one attached hydrogen (secondary N) is 1. The second kappa shape index (κ2) is 6.12. The summed E-state index contributed by atoms with van der Waals surface area (Å²) in [4.78, 5) is 6.56. The van der Waals surface area contributed by atoms with E-state index in [0.717, 1.165) is 12.5 Å². The first-order valence-corrected chi connectivity index (χ1v) is 6.56. The molecule has 0 radical (unpaired) electrons. The Balaban J connectivity index is 1.75. The largest absolute Gasteiger partial charge is 0.310 e. The lowest BCUT2D eigenvalue weighted by Crippen LogP contribution is -2.40. The molecule has 1 aromatic rings. The van der Waals surface area contributed by atoms with Gasteiger partial charge in [0.25, 0.3) is 0 Å². The molecule has 1 N–H and O–H groups in total. The summed E-state index contributed by atoms with van der Waals surface area (Å²) in [5, 5.41) is 3.62. The summed E-state index contributed by atoms with van der Waals surface area (Å²) in [6.45, 7) is 5.72. The normalized spacial score (nSPS) is 20.4. The van der Waals surface area contributed by atoms with Crippen LogP contribution < -0.4 is 5.32 Å². The van der Waals surface area contributed by atoms with Crippen molar-refractivity contribution in [2.24, 2.45) is 5.92 Å². The van der Waals surface area contributed by atoms with Gasteiger partial charge >= 0.3 is 0 Å². The zero-order chi connectivity index (χ0) is 12.1. The SMILES string of the molecule is C[C@@H](NCc1cccnc1)C1CCN(C)CC1. The van der Waals surface area contributed by atoms with Crippen LogP contribution in [0.5, 0.6) is 0 Å². The third-order valence-electron chi connectivity index (χ3n) is 3.82. The van der Waals surface area contributed by atoms with Crippen molar-refractivity contribution in [2.75, 3.05) is 20.1 Å². The standard InChI is InChI=1S/C14H23N3/c1-12(14-5-8-17(2)9-6-14)16-11-13-4-3-7-15-10-13/h3-4,7,10,12,14,16H,5-6,8-9,11H2,1-2H3/t12-/m1/s1. The maximum absolute atomic E-state index is 4.14. The molecule has 2 heterocycles. The first kappa shape index (κ1) is 12.5. The van der Waals surface area contributed by atoms with Gasteiger partial charge in [0.15, 0.2) is 0 Å². The highest BCUT2D eigenvalue weighted by Crippen LogP contribution is 2.19. The molecular weight excluding hydrogens is 210 g/mol. The van der Waals surface area contributed by atoms with Crippen LogP contribution in [-0.4, -0.2) is 36.1 Å². The molecule has 0 aromatic carbocycles. The maximum atomic E-state index is 4.14. The number of hydrogen-bond acceptors (Lipinski definition) is 3. The van der Waals surface area contributed by atoms with Gasteiger partial charge in [0, 0.05) is 25.0 Å². The smallest absolute Gasteiger partial charge is 0.0312 e. The molecule has 1 aliphatic rings. The van der Waals surface area contributed by atoms with Gasteiger partial charge in [0.05, 0.1) is 0 Å². The van der Waals surface area contributed by atoms with Crippen molar-refractivity contribution in [3.05, 3.63) is 30.1 Å². The van der Waals surface area contributed by atoms with Gasteiger partial charge in [-0.05, 0) is 57.5 Å². The molecule has 0 saturated carbocycles. The van der Waals surface area contributed by atoms with E-state index in [-0.39, 0.29) is 0 Å². The Morgan fingerprint density at radius 2 is 2.24 bits per heavy atom. The fourth-order valence-corrected chi connectivity index (χ4v) is 2.48. The minimum Gasteiger partial charge on any atom is -0.310 e. The molecule has 94 valence electrons. The minimum atomic E-state index is 0.601. The van der Waals surface area contributed by atoms with E-state index in [1.165, 1.54) is 31.5 Å². The minimum absolute atomic E-state index is 0.601. The highest BCUT2D eigenvalue weighted by Gasteiger charge is 2.21.